The van der Waals surface area contributed by atoms with Crippen molar-refractivity contribution in [3.8, 4) is 23.0 Å². The molecule has 0 bridgehead atoms. The molecule has 6 nitrogen and oxygen atoms in total. The number of benzene rings is 2. The van der Waals surface area contributed by atoms with Gasteiger partial charge in [0.05, 0.1) is 39.3 Å². The highest BCUT2D eigenvalue weighted by molar-refractivity contribution is 5.94. The first kappa shape index (κ1) is 20.3. The molecule has 0 amide bonds. The van der Waals surface area contributed by atoms with E-state index in [-0.39, 0.29) is 18.6 Å². The van der Waals surface area contributed by atoms with Crippen molar-refractivity contribution in [1.29, 1.82) is 0 Å². The lowest BCUT2D eigenvalue weighted by molar-refractivity contribution is -0.914. The van der Waals surface area contributed by atoms with Crippen LogP contribution in [-0.2, 0) is 11.2 Å². The molecule has 2 aliphatic rings. The van der Waals surface area contributed by atoms with Gasteiger partial charge in [0.25, 0.3) is 0 Å². The number of nitrogens with one attached hydrogen (secondary N) is 1. The van der Waals surface area contributed by atoms with E-state index in [1.807, 2.05) is 43.3 Å². The summed E-state index contributed by atoms with van der Waals surface area (Å²) in [5, 5.41) is 0. The zero-order valence-electron chi connectivity index (χ0n) is 17.7. The molecule has 158 valence electrons. The van der Waals surface area contributed by atoms with Crippen molar-refractivity contribution < 1.29 is 28.6 Å². The van der Waals surface area contributed by atoms with Gasteiger partial charge in [-0.1, -0.05) is 18.2 Å². The third-order valence-electron chi connectivity index (χ3n) is 5.74. The van der Waals surface area contributed by atoms with Gasteiger partial charge in [0.1, 0.15) is 11.8 Å². The molecule has 30 heavy (non-hydrogen) atoms. The Hall–Kier alpha value is -2.99. The van der Waals surface area contributed by atoms with Gasteiger partial charge in [-0.25, -0.2) is 0 Å². The van der Waals surface area contributed by atoms with Gasteiger partial charge in [0, 0.05) is 6.42 Å². The van der Waals surface area contributed by atoms with Crippen LogP contribution in [0, 0.1) is 0 Å². The number of likely N-dealkylation sites (N-methyl/N-ethyl adjacent to an activating group) is 1. The smallest absolute Gasteiger partial charge is 0.231 e. The Labute approximate surface area is 177 Å². The van der Waals surface area contributed by atoms with E-state index < -0.39 is 0 Å². The summed E-state index contributed by atoms with van der Waals surface area (Å²) < 4.78 is 22.4. The van der Waals surface area contributed by atoms with Gasteiger partial charge >= 0.3 is 0 Å². The highest BCUT2D eigenvalue weighted by Crippen LogP contribution is 2.47. The Morgan fingerprint density at radius 3 is 2.80 bits per heavy atom. The van der Waals surface area contributed by atoms with Crippen LogP contribution in [0.5, 0.6) is 23.0 Å². The molecule has 2 aromatic carbocycles. The molecule has 2 aromatic rings. The van der Waals surface area contributed by atoms with Gasteiger partial charge in [-0.15, -0.1) is 0 Å². The Balaban J connectivity index is 1.54. The molecule has 2 aliphatic heterocycles. The van der Waals surface area contributed by atoms with E-state index in [0.717, 1.165) is 35.6 Å². The fourth-order valence-electron chi connectivity index (χ4n) is 4.20. The van der Waals surface area contributed by atoms with E-state index in [2.05, 4.69) is 7.05 Å². The SMILES string of the molecule is CCOc1ccc(/C=C/C(=O)C[C@@H]2c3c(cc4c(c3OC)OCO4)CC[NH+]2C)cc1. The molecular formula is C24H28NO5+. The van der Waals surface area contributed by atoms with Crippen molar-refractivity contribution in [2.75, 3.05) is 34.1 Å². The number of allylic oxidation sites excluding steroid dienone is 1. The fourth-order valence-corrected chi connectivity index (χ4v) is 4.20. The monoisotopic (exact) mass is 410 g/mol. The summed E-state index contributed by atoms with van der Waals surface area (Å²) >= 11 is 0. The second-order valence-electron chi connectivity index (χ2n) is 7.62. The van der Waals surface area contributed by atoms with Crippen molar-refractivity contribution in [1.82, 2.24) is 0 Å². The van der Waals surface area contributed by atoms with Crippen LogP contribution in [0.25, 0.3) is 6.08 Å². The molecule has 0 spiro atoms. The fraction of sp³-hybridized carbons (Fsp3) is 0.375. The van der Waals surface area contributed by atoms with Crippen LogP contribution >= 0.6 is 0 Å². The molecule has 0 saturated heterocycles. The summed E-state index contributed by atoms with van der Waals surface area (Å²) in [6.07, 6.45) is 4.84. The summed E-state index contributed by atoms with van der Waals surface area (Å²) in [5.41, 5.74) is 3.21. The quantitative estimate of drug-likeness (QED) is 0.711. The van der Waals surface area contributed by atoms with Gasteiger partial charge < -0.3 is 23.8 Å². The molecule has 4 rings (SSSR count). The van der Waals surface area contributed by atoms with Gasteiger partial charge in [-0.2, -0.15) is 0 Å². The van der Waals surface area contributed by atoms with Crippen LogP contribution in [0.15, 0.2) is 36.4 Å². The number of ketones is 1. The zero-order chi connectivity index (χ0) is 21.1. The Morgan fingerprint density at radius 2 is 2.07 bits per heavy atom. The summed E-state index contributed by atoms with van der Waals surface area (Å²) in [5.74, 6) is 2.99. The number of methoxy groups -OCH3 is 1. The molecular weight excluding hydrogens is 382 g/mol. The van der Waals surface area contributed by atoms with Crippen molar-refractivity contribution in [2.24, 2.45) is 0 Å². The molecule has 0 aromatic heterocycles. The molecule has 0 fully saturated rings. The summed E-state index contributed by atoms with van der Waals surface area (Å²) in [7, 11) is 3.77. The number of fused-ring (bicyclic) bond motifs is 2. The molecule has 1 unspecified atom stereocenters. The number of hydrogen-bond acceptors (Lipinski definition) is 5. The molecule has 6 heteroatoms. The van der Waals surface area contributed by atoms with Crippen LogP contribution in [0.4, 0.5) is 0 Å². The summed E-state index contributed by atoms with van der Waals surface area (Å²) in [6, 6.07) is 9.78. The minimum atomic E-state index is 0.00989. The number of quaternary nitrogens is 1. The summed E-state index contributed by atoms with van der Waals surface area (Å²) in [4.78, 5) is 14.1. The average molecular weight is 410 g/mol. The Morgan fingerprint density at radius 1 is 1.27 bits per heavy atom. The maximum Gasteiger partial charge on any atom is 0.231 e. The number of rotatable bonds is 7. The van der Waals surface area contributed by atoms with Crippen LogP contribution in [-0.4, -0.2) is 39.9 Å². The van der Waals surface area contributed by atoms with Crippen molar-refractivity contribution >= 4 is 11.9 Å². The number of carbonyl (C=O) groups excluding carboxylic acids is 1. The summed E-state index contributed by atoms with van der Waals surface area (Å²) in [6.45, 7) is 3.75. The molecule has 1 N–H and O–H groups in total. The van der Waals surface area contributed by atoms with Gasteiger partial charge in [0.2, 0.25) is 12.5 Å². The highest BCUT2D eigenvalue weighted by Gasteiger charge is 2.37. The van der Waals surface area contributed by atoms with E-state index in [1.54, 1.807) is 13.2 Å². The van der Waals surface area contributed by atoms with Crippen LogP contribution in [0.3, 0.4) is 0 Å². The average Bonchev–Trinajstić information content (AvgIpc) is 3.22. The largest absolute Gasteiger partial charge is 0.494 e. The zero-order valence-corrected chi connectivity index (χ0v) is 17.7. The Kier molecular flexibility index (Phi) is 5.95. The first-order valence-electron chi connectivity index (χ1n) is 10.4. The van der Waals surface area contributed by atoms with Gasteiger partial charge in [-0.3, -0.25) is 4.79 Å². The lowest BCUT2D eigenvalue weighted by atomic mass is 9.88. The van der Waals surface area contributed by atoms with Crippen molar-refractivity contribution in [3.05, 3.63) is 53.1 Å². The molecule has 0 saturated carbocycles. The van der Waals surface area contributed by atoms with Crippen LogP contribution in [0.2, 0.25) is 0 Å². The minimum absolute atomic E-state index is 0.00989. The number of carbonyl (C=O) groups is 1. The second-order valence-corrected chi connectivity index (χ2v) is 7.62. The third kappa shape index (κ3) is 4.00. The third-order valence-corrected chi connectivity index (χ3v) is 5.74. The number of hydrogen-bond donors (Lipinski definition) is 1. The number of ether oxygens (including phenoxy) is 4. The Bertz CT molecular complexity index is 951. The van der Waals surface area contributed by atoms with E-state index in [1.165, 1.54) is 10.5 Å². The highest BCUT2D eigenvalue weighted by atomic mass is 16.7. The van der Waals surface area contributed by atoms with Crippen LogP contribution in [0.1, 0.15) is 36.1 Å². The van der Waals surface area contributed by atoms with Crippen molar-refractivity contribution in [2.45, 2.75) is 25.8 Å². The normalized spacial score (nSPS) is 19.6. The topological polar surface area (TPSA) is 58.4 Å². The predicted octanol–water partition coefficient (Wildman–Crippen LogP) is 2.61. The molecule has 0 radical (unpaired) electrons. The van der Waals surface area contributed by atoms with E-state index in [0.29, 0.717) is 24.5 Å². The molecule has 2 heterocycles. The maximum atomic E-state index is 12.8. The second kappa shape index (κ2) is 8.79. The molecule has 0 aliphatic carbocycles. The lowest BCUT2D eigenvalue weighted by Gasteiger charge is -2.32. The standard InChI is InChI=1S/C24H27NO5/c1-4-28-19-9-6-16(7-10-19)5-8-18(26)14-20-22-17(11-12-25(20)2)13-21-23(24(22)27-3)30-15-29-21/h5-10,13,20H,4,11-12,14-15H2,1-3H3/p+1/b8-5+/t20-/m1/s1. The lowest BCUT2D eigenvalue weighted by Crippen LogP contribution is -3.10. The van der Waals surface area contributed by atoms with E-state index in [4.69, 9.17) is 18.9 Å². The maximum absolute atomic E-state index is 12.8. The minimum Gasteiger partial charge on any atom is -0.494 e. The molecule has 2 atom stereocenters. The van der Waals surface area contributed by atoms with E-state index >= 15 is 0 Å². The van der Waals surface area contributed by atoms with Crippen LogP contribution < -0.4 is 23.8 Å². The first-order valence-corrected chi connectivity index (χ1v) is 10.4. The van der Waals surface area contributed by atoms with E-state index in [9.17, 15) is 4.79 Å². The first-order chi connectivity index (χ1) is 14.6. The van der Waals surface area contributed by atoms with Gasteiger partial charge in [0.15, 0.2) is 17.3 Å². The van der Waals surface area contributed by atoms with Gasteiger partial charge in [-0.05, 0) is 42.3 Å². The van der Waals surface area contributed by atoms with Crippen molar-refractivity contribution in [3.63, 3.8) is 0 Å². The predicted molar refractivity (Wildman–Crippen MR) is 114 cm³/mol.